The fraction of sp³-hybridized carbons (Fsp3) is 0.444. The summed E-state index contributed by atoms with van der Waals surface area (Å²) >= 11 is 0. The summed E-state index contributed by atoms with van der Waals surface area (Å²) in [5, 5.41) is 0. The first-order valence-electron chi connectivity index (χ1n) is 11.6. The van der Waals surface area contributed by atoms with E-state index in [1.54, 1.807) is 0 Å². The number of hydrogen-bond donors (Lipinski definition) is 0. The smallest absolute Gasteiger partial charge is 0.410 e. The van der Waals surface area contributed by atoms with Crippen LogP contribution in [0, 0.1) is 0 Å². The number of alkyl halides is 1. The van der Waals surface area contributed by atoms with Gasteiger partial charge in [-0.05, 0) is 67.2 Å². The molecule has 2 bridgehead atoms. The van der Waals surface area contributed by atoms with Gasteiger partial charge in [-0.1, -0.05) is 60.2 Å². The molecule has 31 heavy (non-hydrogen) atoms. The predicted molar refractivity (Wildman–Crippen MR) is 121 cm³/mol. The van der Waals surface area contributed by atoms with Gasteiger partial charge in [-0.3, -0.25) is 9.29 Å². The Morgan fingerprint density at radius 1 is 1.00 bits per heavy atom. The van der Waals surface area contributed by atoms with Gasteiger partial charge in [-0.25, -0.2) is 4.79 Å². The van der Waals surface area contributed by atoms with E-state index in [1.165, 1.54) is 27.8 Å². The third-order valence-corrected chi connectivity index (χ3v) is 7.14. The van der Waals surface area contributed by atoms with Crippen molar-refractivity contribution in [1.29, 1.82) is 0 Å². The molecule has 1 amide bonds. The van der Waals surface area contributed by atoms with E-state index in [0.717, 1.165) is 38.5 Å². The second-order valence-corrected chi connectivity index (χ2v) is 9.04. The Labute approximate surface area is 183 Å². The molecule has 2 heterocycles. The van der Waals surface area contributed by atoms with E-state index in [0.29, 0.717) is 13.0 Å². The first-order chi connectivity index (χ1) is 15.3. The standard InChI is InChI=1S/C27H30FNO2/c28-15-6-5-8-19-16-20-9-7-10-21(17-19)29(20)27(30)31-18-26-24-13-3-1-11-22(24)23-12-2-4-14-25(23)26/h1-4,11-14,16,20-21,26H,5-10,15,17-18H2. The van der Waals surface area contributed by atoms with Crippen molar-refractivity contribution in [2.75, 3.05) is 13.3 Å². The number of carbonyl (C=O) groups excluding carboxylic acids is 1. The lowest BCUT2D eigenvalue weighted by atomic mass is 9.84. The number of fused-ring (bicyclic) bond motifs is 5. The summed E-state index contributed by atoms with van der Waals surface area (Å²) in [7, 11) is 0. The second kappa shape index (κ2) is 8.86. The van der Waals surface area contributed by atoms with Gasteiger partial charge in [0.25, 0.3) is 0 Å². The Hall–Kier alpha value is -2.62. The molecule has 3 nitrogen and oxygen atoms in total. The highest BCUT2D eigenvalue weighted by atomic mass is 19.1. The molecule has 0 saturated carbocycles. The minimum Gasteiger partial charge on any atom is -0.448 e. The van der Waals surface area contributed by atoms with E-state index in [-0.39, 0.29) is 30.8 Å². The van der Waals surface area contributed by atoms with Crippen molar-refractivity contribution in [1.82, 2.24) is 4.90 Å². The highest BCUT2D eigenvalue weighted by Crippen LogP contribution is 2.44. The summed E-state index contributed by atoms with van der Waals surface area (Å²) in [4.78, 5) is 15.2. The molecule has 0 N–H and O–H groups in total. The van der Waals surface area contributed by atoms with Gasteiger partial charge in [0.05, 0.1) is 12.7 Å². The van der Waals surface area contributed by atoms with Gasteiger partial charge in [0, 0.05) is 12.0 Å². The van der Waals surface area contributed by atoms with Gasteiger partial charge >= 0.3 is 6.09 Å². The van der Waals surface area contributed by atoms with Gasteiger partial charge < -0.3 is 4.74 Å². The number of rotatable bonds is 6. The Morgan fingerprint density at radius 2 is 1.71 bits per heavy atom. The molecule has 2 aliphatic heterocycles. The van der Waals surface area contributed by atoms with E-state index in [1.807, 2.05) is 4.90 Å². The molecule has 0 radical (unpaired) electrons. The number of halogens is 1. The lowest BCUT2D eigenvalue weighted by Gasteiger charge is -2.44. The first-order valence-corrected chi connectivity index (χ1v) is 11.6. The summed E-state index contributed by atoms with van der Waals surface area (Å²) in [6, 6.07) is 17.2. The van der Waals surface area contributed by atoms with Crippen molar-refractivity contribution in [3.05, 3.63) is 71.3 Å². The van der Waals surface area contributed by atoms with Crippen LogP contribution in [0.3, 0.4) is 0 Å². The monoisotopic (exact) mass is 419 g/mol. The average molecular weight is 420 g/mol. The number of benzene rings is 2. The lowest BCUT2D eigenvalue weighted by Crippen LogP contribution is -2.52. The number of piperidine rings is 1. The van der Waals surface area contributed by atoms with Crippen LogP contribution in [0.25, 0.3) is 11.1 Å². The van der Waals surface area contributed by atoms with Crippen LogP contribution in [-0.4, -0.2) is 36.4 Å². The number of ether oxygens (including phenoxy) is 1. The molecule has 1 aliphatic carbocycles. The van der Waals surface area contributed by atoms with Crippen LogP contribution in [-0.2, 0) is 4.74 Å². The van der Waals surface area contributed by atoms with Crippen LogP contribution in [0.1, 0.15) is 62.0 Å². The van der Waals surface area contributed by atoms with Gasteiger partial charge in [-0.15, -0.1) is 0 Å². The molecule has 2 unspecified atom stereocenters. The zero-order valence-corrected chi connectivity index (χ0v) is 17.9. The maximum atomic E-state index is 13.2. The fourth-order valence-electron chi connectivity index (χ4n) is 5.70. The fourth-order valence-corrected chi connectivity index (χ4v) is 5.70. The average Bonchev–Trinajstić information content (AvgIpc) is 3.11. The molecular formula is C27H30FNO2. The predicted octanol–water partition coefficient (Wildman–Crippen LogP) is 6.63. The van der Waals surface area contributed by atoms with Gasteiger partial charge in [-0.2, -0.15) is 0 Å². The SMILES string of the molecule is O=C(OCC1c2ccccc2-c2ccccc21)N1C2C=C(CCCCF)CC1CCC2. The highest BCUT2D eigenvalue weighted by Gasteiger charge is 2.38. The van der Waals surface area contributed by atoms with Crippen LogP contribution in [0.2, 0.25) is 0 Å². The Bertz CT molecular complexity index is 939. The minimum atomic E-state index is -0.244. The van der Waals surface area contributed by atoms with Crippen LogP contribution < -0.4 is 0 Å². The van der Waals surface area contributed by atoms with Crippen molar-refractivity contribution in [3.8, 4) is 11.1 Å². The summed E-state index contributed by atoms with van der Waals surface area (Å²) in [5.41, 5.74) is 6.37. The second-order valence-electron chi connectivity index (χ2n) is 9.04. The van der Waals surface area contributed by atoms with Crippen LogP contribution in [0.5, 0.6) is 0 Å². The molecule has 0 spiro atoms. The molecule has 5 rings (SSSR count). The third kappa shape index (κ3) is 3.88. The van der Waals surface area contributed by atoms with Crippen LogP contribution in [0.15, 0.2) is 60.2 Å². The van der Waals surface area contributed by atoms with Crippen molar-refractivity contribution in [2.45, 2.75) is 62.9 Å². The summed E-state index contributed by atoms with van der Waals surface area (Å²) in [6.45, 7) is 0.127. The van der Waals surface area contributed by atoms with Crippen molar-refractivity contribution in [2.24, 2.45) is 0 Å². The summed E-state index contributed by atoms with van der Waals surface area (Å²) < 4.78 is 18.4. The molecule has 0 aromatic heterocycles. The maximum absolute atomic E-state index is 13.2. The van der Waals surface area contributed by atoms with Gasteiger partial charge in [0.1, 0.15) is 6.61 Å². The van der Waals surface area contributed by atoms with E-state index >= 15 is 0 Å². The van der Waals surface area contributed by atoms with E-state index in [2.05, 4.69) is 54.6 Å². The number of hydrogen-bond acceptors (Lipinski definition) is 2. The Balaban J connectivity index is 1.29. The molecule has 2 atom stereocenters. The third-order valence-electron chi connectivity index (χ3n) is 7.14. The molecule has 1 saturated heterocycles. The van der Waals surface area contributed by atoms with Crippen molar-refractivity contribution < 1.29 is 13.9 Å². The topological polar surface area (TPSA) is 29.5 Å². The maximum Gasteiger partial charge on any atom is 0.410 e. The first kappa shape index (κ1) is 20.3. The number of carbonyl (C=O) groups is 1. The van der Waals surface area contributed by atoms with E-state index in [9.17, 15) is 9.18 Å². The molecular weight excluding hydrogens is 389 g/mol. The zero-order valence-electron chi connectivity index (χ0n) is 17.9. The van der Waals surface area contributed by atoms with Crippen molar-refractivity contribution in [3.63, 3.8) is 0 Å². The van der Waals surface area contributed by atoms with Crippen LogP contribution in [0.4, 0.5) is 9.18 Å². The number of amides is 1. The lowest BCUT2D eigenvalue weighted by molar-refractivity contribution is 0.0507. The molecule has 162 valence electrons. The Morgan fingerprint density at radius 3 is 2.39 bits per heavy atom. The van der Waals surface area contributed by atoms with Gasteiger partial charge in [0.15, 0.2) is 0 Å². The molecule has 1 fully saturated rings. The quantitative estimate of drug-likeness (QED) is 0.388. The Kier molecular flexibility index (Phi) is 5.80. The summed E-state index contributed by atoms with van der Waals surface area (Å²) in [6.07, 6.45) is 8.63. The molecule has 2 aromatic carbocycles. The molecule has 3 aliphatic rings. The van der Waals surface area contributed by atoms with Crippen molar-refractivity contribution >= 4 is 6.09 Å². The minimum absolute atomic E-state index is 0.0905. The van der Waals surface area contributed by atoms with E-state index in [4.69, 9.17) is 4.74 Å². The zero-order chi connectivity index (χ0) is 21.2. The molecule has 2 aromatic rings. The van der Waals surface area contributed by atoms with Gasteiger partial charge in [0.2, 0.25) is 0 Å². The van der Waals surface area contributed by atoms with E-state index < -0.39 is 0 Å². The molecule has 4 heteroatoms. The highest BCUT2D eigenvalue weighted by molar-refractivity contribution is 5.79. The van der Waals surface area contributed by atoms with Crippen LogP contribution >= 0.6 is 0 Å². The normalized spacial score (nSPS) is 22.0. The number of nitrogens with zero attached hydrogens (tertiary/aromatic N) is 1. The summed E-state index contributed by atoms with van der Waals surface area (Å²) in [5.74, 6) is 0.0905. The largest absolute Gasteiger partial charge is 0.448 e. The number of unbranched alkanes of at least 4 members (excludes halogenated alkanes) is 1.